The Labute approximate surface area is 170 Å². The minimum Gasteiger partial charge on any atom is -0.441 e. The molecule has 1 saturated heterocycles. The summed E-state index contributed by atoms with van der Waals surface area (Å²) >= 11 is 6.06. The lowest BCUT2D eigenvalue weighted by Crippen LogP contribution is -2.50. The summed E-state index contributed by atoms with van der Waals surface area (Å²) in [6.07, 6.45) is 2.39. The lowest BCUT2D eigenvalue weighted by atomic mass is 10.2. The van der Waals surface area contributed by atoms with E-state index >= 15 is 0 Å². The lowest BCUT2D eigenvalue weighted by Gasteiger charge is -2.31. The fourth-order valence-corrected chi connectivity index (χ4v) is 3.74. The number of aryl methyl sites for hydroxylation is 1. The van der Waals surface area contributed by atoms with E-state index in [1.165, 1.54) is 0 Å². The van der Waals surface area contributed by atoms with Gasteiger partial charge in [-0.2, -0.15) is 5.26 Å². The standard InChI is InChI=1S/C21H26ClN4O2/c1-15-19(24-21(28-15)16-6-4-7-17(22)12-16)9-11-26(2,3)14-20(27)25-10-5-8-18(25)13-23/h4,6-7,12,18H,5,8-11,14H2,1-3H3/q+1/t18-/m0/s1. The predicted octanol–water partition coefficient (Wildman–Crippen LogP) is 3.44. The molecule has 28 heavy (non-hydrogen) atoms. The number of rotatable bonds is 6. The molecule has 1 aromatic carbocycles. The number of halogens is 1. The van der Waals surface area contributed by atoms with Gasteiger partial charge < -0.3 is 13.8 Å². The van der Waals surface area contributed by atoms with Gasteiger partial charge in [0.2, 0.25) is 5.89 Å². The van der Waals surface area contributed by atoms with Crippen LogP contribution in [-0.2, 0) is 11.2 Å². The molecule has 6 nitrogen and oxygen atoms in total. The van der Waals surface area contributed by atoms with Crippen molar-refractivity contribution in [1.82, 2.24) is 9.88 Å². The number of nitrogens with zero attached hydrogens (tertiary/aromatic N) is 4. The Bertz CT molecular complexity index is 900. The molecular weight excluding hydrogens is 376 g/mol. The number of quaternary nitrogens is 1. The third-order valence-electron chi connectivity index (χ3n) is 5.20. The molecule has 2 aromatic rings. The molecule has 0 N–H and O–H groups in total. The van der Waals surface area contributed by atoms with Crippen LogP contribution in [0.4, 0.5) is 0 Å². The zero-order chi connectivity index (χ0) is 20.3. The van der Waals surface area contributed by atoms with Gasteiger partial charge in [0.1, 0.15) is 11.8 Å². The molecule has 7 heteroatoms. The summed E-state index contributed by atoms with van der Waals surface area (Å²) in [7, 11) is 4.06. The summed E-state index contributed by atoms with van der Waals surface area (Å²) in [5.74, 6) is 1.39. The number of carbonyl (C=O) groups is 1. The molecule has 1 amide bonds. The Kier molecular flexibility index (Phi) is 6.07. The number of oxazole rings is 1. The number of hydrogen-bond acceptors (Lipinski definition) is 4. The van der Waals surface area contributed by atoms with Gasteiger partial charge in [-0.15, -0.1) is 0 Å². The molecule has 1 aromatic heterocycles. The lowest BCUT2D eigenvalue weighted by molar-refractivity contribution is -0.882. The van der Waals surface area contributed by atoms with Crippen molar-refractivity contribution < 1.29 is 13.7 Å². The number of nitriles is 1. The summed E-state index contributed by atoms with van der Waals surface area (Å²) in [6, 6.07) is 9.40. The normalized spacial score (nSPS) is 17.0. The molecule has 0 radical (unpaired) electrons. The second-order valence-corrected chi connectivity index (χ2v) is 8.41. The minimum absolute atomic E-state index is 0.0468. The van der Waals surface area contributed by atoms with Crippen LogP contribution in [0.2, 0.25) is 5.02 Å². The van der Waals surface area contributed by atoms with Gasteiger partial charge in [0.15, 0.2) is 6.54 Å². The van der Waals surface area contributed by atoms with E-state index in [0.29, 0.717) is 34.9 Å². The molecule has 2 heterocycles. The highest BCUT2D eigenvalue weighted by molar-refractivity contribution is 6.30. The average Bonchev–Trinajstić information content (AvgIpc) is 3.26. The fourth-order valence-electron chi connectivity index (χ4n) is 3.55. The Balaban J connectivity index is 1.63. The Morgan fingerprint density at radius 1 is 1.46 bits per heavy atom. The number of amides is 1. The van der Waals surface area contributed by atoms with Crippen LogP contribution in [0, 0.1) is 18.3 Å². The van der Waals surface area contributed by atoms with E-state index in [1.54, 1.807) is 4.90 Å². The number of likely N-dealkylation sites (tertiary alicyclic amines) is 1. The maximum absolute atomic E-state index is 12.6. The van der Waals surface area contributed by atoms with Crippen molar-refractivity contribution >= 4 is 17.5 Å². The van der Waals surface area contributed by atoms with E-state index in [4.69, 9.17) is 16.0 Å². The van der Waals surface area contributed by atoms with Crippen molar-refractivity contribution in [2.75, 3.05) is 33.7 Å². The highest BCUT2D eigenvalue weighted by Gasteiger charge is 2.32. The van der Waals surface area contributed by atoms with Crippen LogP contribution in [0.25, 0.3) is 11.5 Å². The first kappa shape index (κ1) is 20.4. The first-order valence-corrected chi connectivity index (χ1v) is 9.90. The topological polar surface area (TPSA) is 70.1 Å². The van der Waals surface area contributed by atoms with Crippen molar-refractivity contribution in [1.29, 1.82) is 5.26 Å². The van der Waals surface area contributed by atoms with Crippen molar-refractivity contribution in [2.24, 2.45) is 0 Å². The molecule has 0 bridgehead atoms. The van der Waals surface area contributed by atoms with Crippen molar-refractivity contribution in [3.05, 3.63) is 40.7 Å². The Morgan fingerprint density at radius 3 is 2.96 bits per heavy atom. The second-order valence-electron chi connectivity index (χ2n) is 7.97. The molecule has 1 atom stereocenters. The quantitative estimate of drug-likeness (QED) is 0.695. The van der Waals surface area contributed by atoms with Gasteiger partial charge in [-0.1, -0.05) is 17.7 Å². The number of likely N-dealkylation sites (N-methyl/N-ethyl adjacent to an activating group) is 1. The van der Waals surface area contributed by atoms with Gasteiger partial charge in [-0.3, -0.25) is 4.79 Å². The van der Waals surface area contributed by atoms with E-state index in [1.807, 2.05) is 45.3 Å². The number of benzene rings is 1. The zero-order valence-electron chi connectivity index (χ0n) is 16.6. The van der Waals surface area contributed by atoms with Crippen molar-refractivity contribution in [3.8, 4) is 17.5 Å². The van der Waals surface area contributed by atoms with E-state index < -0.39 is 0 Å². The molecule has 1 fully saturated rings. The molecule has 0 spiro atoms. The van der Waals surface area contributed by atoms with Gasteiger partial charge in [0, 0.05) is 23.6 Å². The van der Waals surface area contributed by atoms with Gasteiger partial charge in [0.25, 0.3) is 5.91 Å². The smallest absolute Gasteiger partial charge is 0.278 e. The first-order chi connectivity index (χ1) is 13.3. The number of aromatic nitrogens is 1. The summed E-state index contributed by atoms with van der Waals surface area (Å²) in [4.78, 5) is 19.0. The fraction of sp³-hybridized carbons (Fsp3) is 0.476. The zero-order valence-corrected chi connectivity index (χ0v) is 17.4. The van der Waals surface area contributed by atoms with Crippen molar-refractivity contribution in [2.45, 2.75) is 32.2 Å². The number of carbonyl (C=O) groups excluding carboxylic acids is 1. The molecule has 0 saturated carbocycles. The average molecular weight is 402 g/mol. The maximum atomic E-state index is 12.6. The third-order valence-corrected chi connectivity index (χ3v) is 5.44. The maximum Gasteiger partial charge on any atom is 0.278 e. The van der Waals surface area contributed by atoms with Crippen molar-refractivity contribution in [3.63, 3.8) is 0 Å². The van der Waals surface area contributed by atoms with Crippen LogP contribution >= 0.6 is 11.6 Å². The molecule has 1 aliphatic heterocycles. The van der Waals surface area contributed by atoms with Crippen LogP contribution in [0.5, 0.6) is 0 Å². The van der Waals surface area contributed by atoms with Gasteiger partial charge in [-0.05, 0) is 38.0 Å². The van der Waals surface area contributed by atoms with Crippen LogP contribution in [-0.4, -0.2) is 60.0 Å². The van der Waals surface area contributed by atoms with Crippen LogP contribution in [0.15, 0.2) is 28.7 Å². The van der Waals surface area contributed by atoms with Gasteiger partial charge in [0.05, 0.1) is 32.4 Å². The largest absolute Gasteiger partial charge is 0.441 e. The SMILES string of the molecule is Cc1oc(-c2cccc(Cl)c2)nc1CC[N+](C)(C)CC(=O)N1CCC[C@H]1C#N. The molecule has 0 unspecified atom stereocenters. The third kappa shape index (κ3) is 4.73. The molecule has 148 valence electrons. The van der Waals surface area contributed by atoms with Crippen LogP contribution < -0.4 is 0 Å². The first-order valence-electron chi connectivity index (χ1n) is 9.52. The molecule has 0 aliphatic carbocycles. The monoisotopic (exact) mass is 401 g/mol. The highest BCUT2D eigenvalue weighted by Crippen LogP contribution is 2.25. The Hall–Kier alpha value is -2.36. The summed E-state index contributed by atoms with van der Waals surface area (Å²) < 4.78 is 6.36. The van der Waals surface area contributed by atoms with E-state index in [-0.39, 0.29) is 11.9 Å². The number of hydrogen-bond donors (Lipinski definition) is 0. The summed E-state index contributed by atoms with van der Waals surface area (Å²) in [5, 5.41) is 9.85. The van der Waals surface area contributed by atoms with E-state index in [9.17, 15) is 10.1 Å². The molecule has 1 aliphatic rings. The summed E-state index contributed by atoms with van der Waals surface area (Å²) in [5.41, 5.74) is 1.74. The summed E-state index contributed by atoms with van der Waals surface area (Å²) in [6.45, 7) is 3.71. The Morgan fingerprint density at radius 2 is 2.25 bits per heavy atom. The van der Waals surface area contributed by atoms with Gasteiger partial charge in [-0.25, -0.2) is 4.98 Å². The molecule has 3 rings (SSSR count). The van der Waals surface area contributed by atoms with Gasteiger partial charge >= 0.3 is 0 Å². The van der Waals surface area contributed by atoms with E-state index in [0.717, 1.165) is 36.4 Å². The van der Waals surface area contributed by atoms with Crippen LogP contribution in [0.1, 0.15) is 24.3 Å². The second kappa shape index (κ2) is 8.34. The minimum atomic E-state index is -0.273. The highest BCUT2D eigenvalue weighted by atomic mass is 35.5. The molecular formula is C21H26ClN4O2+. The van der Waals surface area contributed by atoms with E-state index in [2.05, 4.69) is 11.1 Å². The van der Waals surface area contributed by atoms with Crippen LogP contribution in [0.3, 0.4) is 0 Å². The predicted molar refractivity (Wildman–Crippen MR) is 108 cm³/mol.